The molecule has 0 N–H and O–H groups in total. The number of rotatable bonds is 7. The smallest absolute Gasteiger partial charge is 0.338 e. The lowest BCUT2D eigenvalue weighted by Crippen LogP contribution is -2.39. The number of benzene rings is 2. The number of hydrogen-bond acceptors (Lipinski definition) is 6. The van der Waals surface area contributed by atoms with Crippen LogP contribution in [0.3, 0.4) is 0 Å². The zero-order valence-electron chi connectivity index (χ0n) is 19.5. The van der Waals surface area contributed by atoms with Crippen LogP contribution in [0.15, 0.2) is 63.5 Å². The first kappa shape index (κ1) is 25.2. The summed E-state index contributed by atoms with van der Waals surface area (Å²) in [5.74, 6) is 0.227. The highest BCUT2D eigenvalue weighted by Crippen LogP contribution is 2.31. The number of halogens is 2. The Kier molecular flexibility index (Phi) is 7.79. The third-order valence-electron chi connectivity index (χ3n) is 5.43. The Hall–Kier alpha value is -2.87. The van der Waals surface area contributed by atoms with Crippen LogP contribution in [0.4, 0.5) is 0 Å². The summed E-state index contributed by atoms with van der Waals surface area (Å²) in [6, 6.07) is 11.9. The number of nitrogens with zero attached hydrogens (tertiary/aromatic N) is 2. The van der Waals surface area contributed by atoms with Gasteiger partial charge < -0.3 is 9.47 Å². The van der Waals surface area contributed by atoms with E-state index in [0.717, 1.165) is 23.3 Å². The molecule has 9 heteroatoms. The van der Waals surface area contributed by atoms with Gasteiger partial charge >= 0.3 is 5.97 Å². The van der Waals surface area contributed by atoms with Gasteiger partial charge in [-0.25, -0.2) is 9.79 Å². The molecule has 35 heavy (non-hydrogen) atoms. The van der Waals surface area contributed by atoms with Crippen molar-refractivity contribution >= 4 is 46.6 Å². The van der Waals surface area contributed by atoms with Gasteiger partial charge in [0, 0.05) is 0 Å². The van der Waals surface area contributed by atoms with Crippen molar-refractivity contribution in [2.45, 2.75) is 33.2 Å². The Labute approximate surface area is 216 Å². The molecule has 1 aliphatic rings. The van der Waals surface area contributed by atoms with E-state index in [9.17, 15) is 9.59 Å². The van der Waals surface area contributed by atoms with E-state index in [1.54, 1.807) is 42.7 Å². The Balaban J connectivity index is 1.88. The van der Waals surface area contributed by atoms with Crippen molar-refractivity contribution in [2.24, 2.45) is 4.99 Å². The molecule has 3 aromatic rings. The number of aromatic nitrogens is 1. The van der Waals surface area contributed by atoms with Gasteiger partial charge in [-0.2, -0.15) is 0 Å². The van der Waals surface area contributed by atoms with Gasteiger partial charge in [0.25, 0.3) is 5.56 Å². The van der Waals surface area contributed by atoms with Gasteiger partial charge in [0.2, 0.25) is 0 Å². The van der Waals surface area contributed by atoms with E-state index in [-0.39, 0.29) is 12.2 Å². The fourth-order valence-corrected chi connectivity index (χ4v) is 5.18. The molecule has 1 aliphatic heterocycles. The first-order valence-electron chi connectivity index (χ1n) is 11.2. The second kappa shape index (κ2) is 10.8. The molecule has 1 atom stereocenters. The van der Waals surface area contributed by atoms with Crippen LogP contribution in [0, 0.1) is 0 Å². The van der Waals surface area contributed by atoms with Gasteiger partial charge in [0.05, 0.1) is 45.1 Å². The number of carbonyl (C=O) groups excluding carboxylic acids is 1. The summed E-state index contributed by atoms with van der Waals surface area (Å²) in [6.07, 6.45) is 2.64. The largest absolute Gasteiger partial charge is 0.494 e. The van der Waals surface area contributed by atoms with Crippen LogP contribution >= 0.6 is 34.5 Å². The van der Waals surface area contributed by atoms with Gasteiger partial charge in [-0.3, -0.25) is 9.36 Å². The van der Waals surface area contributed by atoms with Gasteiger partial charge in [-0.1, -0.05) is 59.7 Å². The minimum absolute atomic E-state index is 0.216. The maximum atomic E-state index is 13.6. The summed E-state index contributed by atoms with van der Waals surface area (Å²) in [4.78, 5) is 31.7. The average Bonchev–Trinajstić information content (AvgIpc) is 3.14. The summed E-state index contributed by atoms with van der Waals surface area (Å²) in [7, 11) is 0. The summed E-state index contributed by atoms with van der Waals surface area (Å²) in [5, 5.41) is 0.836. The molecule has 0 fully saturated rings. The SMILES string of the molecule is CCCOc1ccc(C2C(C(=O)OCC)=C(C)N=c3s/c(=C\c4ccc(Cl)c(Cl)c4)c(=O)n32)cc1. The van der Waals surface area contributed by atoms with Crippen molar-refractivity contribution in [1.82, 2.24) is 4.57 Å². The van der Waals surface area contributed by atoms with E-state index < -0.39 is 12.0 Å². The van der Waals surface area contributed by atoms with E-state index >= 15 is 0 Å². The molecule has 0 bridgehead atoms. The van der Waals surface area contributed by atoms with E-state index in [0.29, 0.717) is 37.3 Å². The molecule has 0 saturated heterocycles. The standard InChI is InChI=1S/C26H24Cl2N2O4S/c1-4-12-34-18-9-7-17(8-10-18)23-22(25(32)33-5-2)15(3)29-26-30(23)24(31)21(35-26)14-16-6-11-19(27)20(28)13-16/h6-11,13-14,23H,4-5,12H2,1-3H3/b21-14-. The van der Waals surface area contributed by atoms with Crippen molar-refractivity contribution in [3.63, 3.8) is 0 Å². The van der Waals surface area contributed by atoms with Crippen LogP contribution in [0.25, 0.3) is 6.08 Å². The average molecular weight is 531 g/mol. The first-order valence-corrected chi connectivity index (χ1v) is 12.8. The number of thiazole rings is 1. The van der Waals surface area contributed by atoms with Crippen molar-refractivity contribution < 1.29 is 14.3 Å². The van der Waals surface area contributed by atoms with E-state index in [2.05, 4.69) is 4.99 Å². The number of allylic oxidation sites excluding steroid dienone is 1. The van der Waals surface area contributed by atoms with Gasteiger partial charge in [-0.05, 0) is 61.7 Å². The number of esters is 1. The molecule has 2 heterocycles. The van der Waals surface area contributed by atoms with Crippen molar-refractivity contribution in [3.8, 4) is 5.75 Å². The third kappa shape index (κ3) is 5.22. The molecule has 1 aromatic heterocycles. The molecule has 6 nitrogen and oxygen atoms in total. The maximum Gasteiger partial charge on any atom is 0.338 e. The summed E-state index contributed by atoms with van der Waals surface area (Å²) >= 11 is 13.4. The highest BCUT2D eigenvalue weighted by atomic mass is 35.5. The maximum absolute atomic E-state index is 13.6. The zero-order valence-corrected chi connectivity index (χ0v) is 21.8. The predicted molar refractivity (Wildman–Crippen MR) is 139 cm³/mol. The third-order valence-corrected chi connectivity index (χ3v) is 7.15. The quantitative estimate of drug-likeness (QED) is 0.407. The van der Waals surface area contributed by atoms with Gasteiger partial charge in [-0.15, -0.1) is 0 Å². The molecule has 182 valence electrons. The lowest BCUT2D eigenvalue weighted by atomic mass is 9.96. The molecule has 1 unspecified atom stereocenters. The number of ether oxygens (including phenoxy) is 2. The first-order chi connectivity index (χ1) is 16.8. The highest BCUT2D eigenvalue weighted by molar-refractivity contribution is 7.07. The molecule has 0 spiro atoms. The van der Waals surface area contributed by atoms with Gasteiger partial charge in [0.1, 0.15) is 5.75 Å². The van der Waals surface area contributed by atoms with Gasteiger partial charge in [0.15, 0.2) is 4.80 Å². The number of hydrogen-bond donors (Lipinski definition) is 0. The minimum atomic E-state index is -0.679. The Morgan fingerprint density at radius 1 is 1.14 bits per heavy atom. The van der Waals surface area contributed by atoms with Crippen LogP contribution in [0.2, 0.25) is 10.0 Å². The van der Waals surface area contributed by atoms with Crippen molar-refractivity contribution in [1.29, 1.82) is 0 Å². The van der Waals surface area contributed by atoms with Crippen LogP contribution in [-0.2, 0) is 9.53 Å². The lowest BCUT2D eigenvalue weighted by molar-refractivity contribution is -0.139. The van der Waals surface area contributed by atoms with Crippen molar-refractivity contribution in [2.75, 3.05) is 13.2 Å². The monoisotopic (exact) mass is 530 g/mol. The highest BCUT2D eigenvalue weighted by Gasteiger charge is 2.33. The molecule has 2 aromatic carbocycles. The molecule has 0 aliphatic carbocycles. The Morgan fingerprint density at radius 3 is 2.54 bits per heavy atom. The summed E-state index contributed by atoms with van der Waals surface area (Å²) < 4.78 is 13.0. The Bertz CT molecular complexity index is 1470. The number of fused-ring (bicyclic) bond motifs is 1. The summed E-state index contributed by atoms with van der Waals surface area (Å²) in [5.41, 5.74) is 2.09. The Morgan fingerprint density at radius 2 is 1.89 bits per heavy atom. The lowest BCUT2D eigenvalue weighted by Gasteiger charge is -2.24. The fourth-order valence-electron chi connectivity index (χ4n) is 3.83. The normalized spacial score (nSPS) is 15.6. The molecular weight excluding hydrogens is 507 g/mol. The number of carbonyl (C=O) groups is 1. The van der Waals surface area contributed by atoms with E-state index in [4.69, 9.17) is 32.7 Å². The molecule has 0 saturated carbocycles. The fraction of sp³-hybridized carbons (Fsp3) is 0.269. The molecule has 4 rings (SSSR count). The second-order valence-corrected chi connectivity index (χ2v) is 9.72. The van der Waals surface area contributed by atoms with Crippen molar-refractivity contribution in [3.05, 3.63) is 94.6 Å². The zero-order chi connectivity index (χ0) is 25.1. The molecule has 0 amide bonds. The second-order valence-electron chi connectivity index (χ2n) is 7.89. The van der Waals surface area contributed by atoms with Crippen LogP contribution in [0.1, 0.15) is 44.4 Å². The van der Waals surface area contributed by atoms with Crippen LogP contribution in [0.5, 0.6) is 5.75 Å². The molecular formula is C26H24Cl2N2O4S. The minimum Gasteiger partial charge on any atom is -0.494 e. The van der Waals surface area contributed by atoms with E-state index in [1.807, 2.05) is 31.2 Å². The predicted octanol–water partition coefficient (Wildman–Crippen LogP) is 4.89. The van der Waals surface area contributed by atoms with E-state index in [1.165, 1.54) is 11.3 Å². The molecule has 0 radical (unpaired) electrons. The summed E-state index contributed by atoms with van der Waals surface area (Å²) in [6.45, 7) is 6.37. The van der Waals surface area contributed by atoms with Crippen LogP contribution in [-0.4, -0.2) is 23.8 Å². The topological polar surface area (TPSA) is 69.9 Å². The van der Waals surface area contributed by atoms with Crippen LogP contribution < -0.4 is 19.6 Å².